The average molecular weight is 683 g/mol. The van der Waals surface area contributed by atoms with Crippen LogP contribution in [0.1, 0.15) is 41.4 Å². The number of rotatable bonds is 6. The minimum absolute atomic E-state index is 0. The van der Waals surface area contributed by atoms with Crippen molar-refractivity contribution in [3.8, 4) is 0 Å². The number of carbonyl (C=O) groups excluding carboxylic acids is 4. The molecule has 0 aromatic heterocycles. The Morgan fingerprint density at radius 1 is 0.457 bits per heavy atom. The quantitative estimate of drug-likeness (QED) is 0.203. The fraction of sp³-hybridized carbons (Fsp3) is 0. The van der Waals surface area contributed by atoms with Crippen molar-refractivity contribution < 1.29 is 124 Å². The molecule has 0 N–H and O–H groups in total. The van der Waals surface area contributed by atoms with E-state index in [4.69, 9.17) is 0 Å². The van der Waals surface area contributed by atoms with Gasteiger partial charge < -0.3 is 48.7 Å². The number of hydrogen-bond donors (Lipinski definition) is 0. The third-order valence-corrected chi connectivity index (χ3v) is 4.96. The first-order chi connectivity index (χ1) is 14.4. The van der Waals surface area contributed by atoms with E-state index in [0.717, 1.165) is 0 Å². The van der Waals surface area contributed by atoms with Gasteiger partial charge in [0, 0.05) is 0 Å². The predicted octanol–water partition coefficient (Wildman–Crippen LogP) is -5.37. The van der Waals surface area contributed by atoms with Crippen LogP contribution in [0.25, 0.3) is 0 Å². The van der Waals surface area contributed by atoms with Gasteiger partial charge in [0.05, 0.1) is 33.7 Å². The SMILES string of the molecule is O=C([O-])c1cc(C(=O)[O-])cc(S(=O)(=O)[O-])c1.O=C([O-])c1cc(C(=O)[O-])cc(S(=O)(=O)[O-])c1.[Zn+2].[Zn+2].[Zn+2]. The van der Waals surface area contributed by atoms with E-state index >= 15 is 0 Å². The summed E-state index contributed by atoms with van der Waals surface area (Å²) in [6, 6.07) is 3.35. The normalized spacial score (nSPS) is 10.1. The zero-order chi connectivity index (χ0) is 25.0. The van der Waals surface area contributed by atoms with Crippen molar-refractivity contribution in [2.24, 2.45) is 0 Å². The van der Waals surface area contributed by atoms with Gasteiger partial charge in [-0.1, -0.05) is 0 Å². The number of carboxylic acid groups (broad SMARTS) is 4. The largest absolute Gasteiger partial charge is 2.00 e. The summed E-state index contributed by atoms with van der Waals surface area (Å²) in [5.41, 5.74) is -2.90. The van der Waals surface area contributed by atoms with Crippen LogP contribution in [0.5, 0.6) is 0 Å². The Kier molecular flexibility index (Phi) is 15.6. The molecule has 0 radical (unpaired) electrons. The second kappa shape index (κ2) is 14.5. The van der Waals surface area contributed by atoms with Gasteiger partial charge in [-0.2, -0.15) is 0 Å². The molecule has 0 bridgehead atoms. The Hall–Kier alpha value is -1.99. The van der Waals surface area contributed by atoms with Crippen LogP contribution in [0.3, 0.4) is 0 Å². The molecule has 2 aromatic carbocycles. The number of carbonyl (C=O) groups is 4. The van der Waals surface area contributed by atoms with Crippen LogP contribution < -0.4 is 20.4 Å². The van der Waals surface area contributed by atoms with E-state index in [1.165, 1.54) is 0 Å². The number of carboxylic acids is 4. The molecule has 0 aliphatic carbocycles. The van der Waals surface area contributed by atoms with Gasteiger partial charge in [0.1, 0.15) is 20.2 Å². The molecular formula is C16H6O14S2Zn3. The zero-order valence-electron chi connectivity index (χ0n) is 17.1. The van der Waals surface area contributed by atoms with Gasteiger partial charge in [-0.15, -0.1) is 0 Å². The zero-order valence-corrected chi connectivity index (χ0v) is 27.7. The van der Waals surface area contributed by atoms with Crippen LogP contribution in [0.2, 0.25) is 0 Å². The Labute approximate surface area is 235 Å². The van der Waals surface area contributed by atoms with Crippen molar-refractivity contribution in [3.63, 3.8) is 0 Å². The molecule has 0 amide bonds. The molecule has 0 aliphatic heterocycles. The molecule has 0 saturated carbocycles. The molecule has 0 fully saturated rings. The molecular weight excluding hydrogens is 676 g/mol. The molecule has 35 heavy (non-hydrogen) atoms. The summed E-state index contributed by atoms with van der Waals surface area (Å²) < 4.78 is 63.6. The molecule has 0 spiro atoms. The summed E-state index contributed by atoms with van der Waals surface area (Å²) in [7, 11) is -9.89. The first kappa shape index (κ1) is 37.6. The second-order valence-electron chi connectivity index (χ2n) is 5.55. The predicted molar refractivity (Wildman–Crippen MR) is 86.1 cm³/mol. The maximum absolute atomic E-state index is 10.6. The molecule has 2 rings (SSSR count). The van der Waals surface area contributed by atoms with E-state index in [-0.39, 0.29) is 58.4 Å². The minimum atomic E-state index is -4.95. The van der Waals surface area contributed by atoms with Crippen molar-refractivity contribution >= 4 is 44.1 Å². The van der Waals surface area contributed by atoms with Gasteiger partial charge >= 0.3 is 58.4 Å². The first-order valence-corrected chi connectivity index (χ1v) is 10.3. The summed E-state index contributed by atoms with van der Waals surface area (Å²) in [5.74, 6) is -7.19. The van der Waals surface area contributed by atoms with Crippen molar-refractivity contribution in [1.29, 1.82) is 0 Å². The van der Waals surface area contributed by atoms with Crippen molar-refractivity contribution in [3.05, 3.63) is 58.7 Å². The van der Waals surface area contributed by atoms with E-state index < -0.39 is 76.2 Å². The summed E-state index contributed by atoms with van der Waals surface area (Å²) in [4.78, 5) is 39.8. The molecule has 19 heteroatoms. The Morgan fingerprint density at radius 2 is 0.629 bits per heavy atom. The van der Waals surface area contributed by atoms with Crippen LogP contribution in [0.4, 0.5) is 0 Å². The fourth-order valence-electron chi connectivity index (χ4n) is 1.96. The number of hydrogen-bond acceptors (Lipinski definition) is 14. The summed E-state index contributed by atoms with van der Waals surface area (Å²) in [5, 5.41) is 41.7. The van der Waals surface area contributed by atoms with Crippen LogP contribution in [-0.2, 0) is 78.7 Å². The molecule has 0 heterocycles. The van der Waals surface area contributed by atoms with E-state index in [1.807, 2.05) is 0 Å². The van der Waals surface area contributed by atoms with Gasteiger partial charge in [0.2, 0.25) is 0 Å². The summed E-state index contributed by atoms with van der Waals surface area (Å²) >= 11 is 0. The van der Waals surface area contributed by atoms with Gasteiger partial charge in [-0.05, 0) is 58.7 Å². The van der Waals surface area contributed by atoms with E-state index in [0.29, 0.717) is 36.4 Å². The molecule has 0 aliphatic rings. The van der Waals surface area contributed by atoms with Crippen LogP contribution in [-0.4, -0.2) is 49.8 Å². The maximum atomic E-state index is 10.6. The minimum Gasteiger partial charge on any atom is -0.744 e. The number of aromatic carboxylic acids is 4. The second-order valence-corrected chi connectivity index (χ2v) is 8.31. The van der Waals surface area contributed by atoms with Crippen LogP contribution >= 0.6 is 0 Å². The smallest absolute Gasteiger partial charge is 0.744 e. The molecule has 2 aromatic rings. The van der Waals surface area contributed by atoms with Gasteiger partial charge in [0.25, 0.3) is 0 Å². The number of benzene rings is 2. The van der Waals surface area contributed by atoms with Crippen molar-refractivity contribution in [1.82, 2.24) is 0 Å². The average Bonchev–Trinajstić information content (AvgIpc) is 2.66. The molecule has 14 nitrogen and oxygen atoms in total. The van der Waals surface area contributed by atoms with E-state index in [1.54, 1.807) is 0 Å². The monoisotopic (exact) mass is 678 g/mol. The molecule has 0 saturated heterocycles. The van der Waals surface area contributed by atoms with E-state index in [2.05, 4.69) is 0 Å². The standard InChI is InChI=1S/2C8H6O7S.3Zn/c2*9-7(10)4-1-5(8(11)12)3-6(2-4)16(13,14)15;;;/h2*1-3H,(H,9,10)(H,11,12)(H,13,14,15);;;/q;;3*+2/p-6. The van der Waals surface area contributed by atoms with Crippen LogP contribution in [0, 0.1) is 0 Å². The van der Waals surface area contributed by atoms with Crippen LogP contribution in [0.15, 0.2) is 46.2 Å². The fourth-order valence-corrected chi connectivity index (χ4v) is 3.04. The topological polar surface area (TPSA) is 275 Å². The third-order valence-electron chi connectivity index (χ3n) is 3.33. The Morgan fingerprint density at radius 3 is 0.743 bits per heavy atom. The maximum Gasteiger partial charge on any atom is 2.00 e. The first-order valence-electron chi connectivity index (χ1n) is 7.51. The molecule has 172 valence electrons. The van der Waals surface area contributed by atoms with Gasteiger partial charge in [0.15, 0.2) is 0 Å². The van der Waals surface area contributed by atoms with Crippen molar-refractivity contribution in [2.45, 2.75) is 9.79 Å². The van der Waals surface area contributed by atoms with E-state index in [9.17, 15) is 65.5 Å². The molecule has 0 atom stereocenters. The Bertz CT molecular complexity index is 1170. The summed E-state index contributed by atoms with van der Waals surface area (Å²) in [6.45, 7) is 0. The van der Waals surface area contributed by atoms with Gasteiger partial charge in [-0.3, -0.25) is 0 Å². The summed E-state index contributed by atoms with van der Waals surface area (Å²) in [6.07, 6.45) is 0. The third kappa shape index (κ3) is 11.5. The van der Waals surface area contributed by atoms with Crippen molar-refractivity contribution in [2.75, 3.05) is 0 Å². The van der Waals surface area contributed by atoms with Gasteiger partial charge in [-0.25, -0.2) is 16.8 Å². The Balaban J connectivity index is -0.000000539. The molecule has 0 unspecified atom stereocenters.